The first-order valence-corrected chi connectivity index (χ1v) is 5.71. The third kappa shape index (κ3) is 1.40. The minimum absolute atomic E-state index is 0.119. The number of imide groups is 1. The van der Waals surface area contributed by atoms with E-state index in [-0.39, 0.29) is 33.5 Å². The number of non-ortho nitro benzene ring substituents is 1. The zero-order valence-electron chi connectivity index (χ0n) is 10.3. The molecule has 0 bridgehead atoms. The number of carbonyl (C=O) groups is 2. The first-order valence-electron chi connectivity index (χ1n) is 5.71. The number of hydrogen-bond acceptors (Lipinski definition) is 5. The SMILES string of the molecule is Cc1c2c(c3ccc([N+](=O)[O-])cc3c1O)C(=O)NC2=O. The minimum atomic E-state index is -0.591. The smallest absolute Gasteiger partial charge is 0.270 e. The van der Waals surface area contributed by atoms with Crippen LogP contribution < -0.4 is 5.32 Å². The van der Waals surface area contributed by atoms with E-state index in [9.17, 15) is 24.8 Å². The van der Waals surface area contributed by atoms with Crippen LogP contribution in [-0.2, 0) is 0 Å². The molecular weight excluding hydrogens is 264 g/mol. The van der Waals surface area contributed by atoms with E-state index in [4.69, 9.17) is 0 Å². The Labute approximate surface area is 112 Å². The molecule has 0 saturated heterocycles. The molecule has 2 aromatic carbocycles. The van der Waals surface area contributed by atoms with Crippen LogP contribution in [0.15, 0.2) is 18.2 Å². The van der Waals surface area contributed by atoms with Gasteiger partial charge in [-0.2, -0.15) is 0 Å². The number of fused-ring (bicyclic) bond motifs is 3. The number of carbonyl (C=O) groups excluding carboxylic acids is 2. The Bertz CT molecular complexity index is 825. The van der Waals surface area contributed by atoms with E-state index in [1.54, 1.807) is 0 Å². The lowest BCUT2D eigenvalue weighted by Gasteiger charge is -2.09. The second-order valence-corrected chi connectivity index (χ2v) is 4.49. The van der Waals surface area contributed by atoms with Crippen LogP contribution in [0.1, 0.15) is 26.3 Å². The molecule has 2 N–H and O–H groups in total. The quantitative estimate of drug-likeness (QED) is 0.466. The van der Waals surface area contributed by atoms with Gasteiger partial charge in [0.2, 0.25) is 0 Å². The van der Waals surface area contributed by atoms with E-state index < -0.39 is 16.7 Å². The van der Waals surface area contributed by atoms with Gasteiger partial charge in [-0.3, -0.25) is 25.0 Å². The van der Waals surface area contributed by atoms with Gasteiger partial charge < -0.3 is 5.11 Å². The largest absolute Gasteiger partial charge is 0.507 e. The average Bonchev–Trinajstić information content (AvgIpc) is 2.70. The van der Waals surface area contributed by atoms with E-state index in [0.717, 1.165) is 0 Å². The molecule has 0 saturated carbocycles. The molecule has 1 heterocycles. The van der Waals surface area contributed by atoms with Crippen LogP contribution in [-0.4, -0.2) is 21.8 Å². The average molecular weight is 272 g/mol. The molecule has 7 nitrogen and oxygen atoms in total. The Morgan fingerprint density at radius 2 is 1.80 bits per heavy atom. The highest BCUT2D eigenvalue weighted by molar-refractivity contribution is 6.28. The lowest BCUT2D eigenvalue weighted by atomic mass is 9.94. The summed E-state index contributed by atoms with van der Waals surface area (Å²) < 4.78 is 0. The van der Waals surface area contributed by atoms with E-state index in [2.05, 4.69) is 5.32 Å². The molecule has 3 rings (SSSR count). The third-order valence-electron chi connectivity index (χ3n) is 3.40. The first-order chi connectivity index (χ1) is 9.41. The zero-order chi connectivity index (χ0) is 14.6. The van der Waals surface area contributed by atoms with Crippen molar-refractivity contribution >= 4 is 28.3 Å². The van der Waals surface area contributed by atoms with Crippen molar-refractivity contribution in [1.82, 2.24) is 5.32 Å². The van der Waals surface area contributed by atoms with Gasteiger partial charge in [-0.25, -0.2) is 0 Å². The number of phenolic OH excluding ortho intramolecular Hbond substituents is 1. The van der Waals surface area contributed by atoms with Crippen LogP contribution in [0.5, 0.6) is 5.75 Å². The maximum Gasteiger partial charge on any atom is 0.270 e. The molecule has 20 heavy (non-hydrogen) atoms. The highest BCUT2D eigenvalue weighted by atomic mass is 16.6. The Hall–Kier alpha value is -2.96. The predicted molar refractivity (Wildman–Crippen MR) is 68.8 cm³/mol. The standard InChI is InChI=1S/C13H8N2O5/c1-5-9-10(13(18)14-12(9)17)7-3-2-6(15(19)20)4-8(7)11(5)16/h2-4,16H,1H3,(H,14,17,18). The van der Waals surface area contributed by atoms with Gasteiger partial charge >= 0.3 is 0 Å². The molecule has 0 unspecified atom stereocenters. The fourth-order valence-corrected chi connectivity index (χ4v) is 2.45. The summed E-state index contributed by atoms with van der Waals surface area (Å²) >= 11 is 0. The normalized spacial score (nSPS) is 13.4. The zero-order valence-corrected chi connectivity index (χ0v) is 10.3. The number of benzene rings is 2. The number of nitrogens with one attached hydrogen (secondary N) is 1. The number of nitro groups is 1. The summed E-state index contributed by atoms with van der Waals surface area (Å²) in [5, 5.41) is 23.6. The fraction of sp³-hybridized carbons (Fsp3) is 0.0769. The topological polar surface area (TPSA) is 110 Å². The van der Waals surface area contributed by atoms with E-state index in [1.165, 1.54) is 25.1 Å². The maximum atomic E-state index is 11.8. The van der Waals surface area contributed by atoms with Crippen LogP contribution in [0.2, 0.25) is 0 Å². The van der Waals surface area contributed by atoms with Crippen molar-refractivity contribution in [2.24, 2.45) is 0 Å². The monoisotopic (exact) mass is 272 g/mol. The van der Waals surface area contributed by atoms with Crippen molar-refractivity contribution in [2.75, 3.05) is 0 Å². The van der Waals surface area contributed by atoms with Crippen molar-refractivity contribution in [3.63, 3.8) is 0 Å². The van der Waals surface area contributed by atoms with E-state index in [1.807, 2.05) is 0 Å². The maximum absolute atomic E-state index is 11.8. The van der Waals surface area contributed by atoms with Crippen LogP contribution in [0, 0.1) is 17.0 Å². The second-order valence-electron chi connectivity index (χ2n) is 4.49. The van der Waals surface area contributed by atoms with Gasteiger partial charge in [0.15, 0.2) is 0 Å². The molecule has 7 heteroatoms. The van der Waals surface area contributed by atoms with Gasteiger partial charge in [-0.15, -0.1) is 0 Å². The predicted octanol–water partition coefficient (Wildman–Crippen LogP) is 1.65. The summed E-state index contributed by atoms with van der Waals surface area (Å²) in [5.41, 5.74) is 0.303. The van der Waals surface area contributed by atoms with Gasteiger partial charge in [0.05, 0.1) is 16.1 Å². The number of nitro benzene ring substituents is 1. The van der Waals surface area contributed by atoms with Crippen molar-refractivity contribution in [2.45, 2.75) is 6.92 Å². The summed E-state index contributed by atoms with van der Waals surface area (Å²) in [4.78, 5) is 33.7. The molecule has 0 spiro atoms. The molecule has 0 fully saturated rings. The van der Waals surface area contributed by atoms with Crippen molar-refractivity contribution < 1.29 is 19.6 Å². The summed E-state index contributed by atoms with van der Waals surface area (Å²) in [6, 6.07) is 3.78. The van der Waals surface area contributed by atoms with E-state index in [0.29, 0.717) is 5.39 Å². The molecule has 1 aliphatic heterocycles. The Balaban J connectivity index is 2.49. The number of amides is 2. The van der Waals surface area contributed by atoms with Crippen molar-refractivity contribution in [3.05, 3.63) is 45.0 Å². The molecular formula is C13H8N2O5. The summed E-state index contributed by atoms with van der Waals surface area (Å²) in [6.07, 6.45) is 0. The number of nitrogens with zero attached hydrogens (tertiary/aromatic N) is 1. The number of rotatable bonds is 1. The minimum Gasteiger partial charge on any atom is -0.507 e. The first kappa shape index (κ1) is 12.1. The van der Waals surface area contributed by atoms with Gasteiger partial charge in [-0.05, 0) is 18.4 Å². The van der Waals surface area contributed by atoms with Gasteiger partial charge in [0, 0.05) is 23.1 Å². The molecule has 0 radical (unpaired) electrons. The Morgan fingerprint density at radius 1 is 1.15 bits per heavy atom. The van der Waals surface area contributed by atoms with Crippen LogP contribution in [0.25, 0.3) is 10.8 Å². The van der Waals surface area contributed by atoms with Gasteiger partial charge in [0.25, 0.3) is 17.5 Å². The van der Waals surface area contributed by atoms with Gasteiger partial charge in [-0.1, -0.05) is 0 Å². The molecule has 2 amide bonds. The highest BCUT2D eigenvalue weighted by Crippen LogP contribution is 2.38. The van der Waals surface area contributed by atoms with Crippen LogP contribution in [0.3, 0.4) is 0 Å². The van der Waals surface area contributed by atoms with Gasteiger partial charge in [0.1, 0.15) is 5.75 Å². The molecule has 100 valence electrons. The number of hydrogen-bond donors (Lipinski definition) is 2. The lowest BCUT2D eigenvalue weighted by molar-refractivity contribution is -0.384. The molecule has 0 aromatic heterocycles. The van der Waals surface area contributed by atoms with Crippen LogP contribution >= 0.6 is 0 Å². The highest BCUT2D eigenvalue weighted by Gasteiger charge is 2.33. The molecule has 0 atom stereocenters. The summed E-state index contributed by atoms with van der Waals surface area (Å²) in [5.74, 6) is -1.36. The molecule has 2 aromatic rings. The fourth-order valence-electron chi connectivity index (χ4n) is 2.45. The summed E-state index contributed by atoms with van der Waals surface area (Å²) in [6.45, 7) is 1.49. The van der Waals surface area contributed by atoms with Crippen molar-refractivity contribution in [1.29, 1.82) is 0 Å². The van der Waals surface area contributed by atoms with Crippen LogP contribution in [0.4, 0.5) is 5.69 Å². The Morgan fingerprint density at radius 3 is 2.45 bits per heavy atom. The third-order valence-corrected chi connectivity index (χ3v) is 3.40. The molecule has 0 aliphatic carbocycles. The lowest BCUT2D eigenvalue weighted by Crippen LogP contribution is -2.20. The van der Waals surface area contributed by atoms with Crippen molar-refractivity contribution in [3.8, 4) is 5.75 Å². The molecule has 1 aliphatic rings. The number of phenols is 1. The Kier molecular flexibility index (Phi) is 2.28. The summed E-state index contributed by atoms with van der Waals surface area (Å²) in [7, 11) is 0. The second kappa shape index (κ2) is 3.77. The van der Waals surface area contributed by atoms with E-state index >= 15 is 0 Å². The number of aromatic hydroxyl groups is 1.